The molecular weight excluding hydrogens is 314 g/mol. The second-order valence-electron chi connectivity index (χ2n) is 7.89. The highest BCUT2D eigenvalue weighted by Gasteiger charge is 2.27. The number of hydrogen-bond donors (Lipinski definition) is 2. The first-order valence-electron chi connectivity index (χ1n) is 8.89. The van der Waals surface area contributed by atoms with Gasteiger partial charge in [0.2, 0.25) is 5.91 Å². The molecule has 0 aliphatic heterocycles. The molecule has 140 valence electrons. The summed E-state index contributed by atoms with van der Waals surface area (Å²) in [6, 6.07) is 7.06. The molecule has 0 saturated heterocycles. The zero-order valence-corrected chi connectivity index (χ0v) is 16.6. The van der Waals surface area contributed by atoms with Crippen molar-refractivity contribution in [3.63, 3.8) is 0 Å². The van der Waals surface area contributed by atoms with Crippen molar-refractivity contribution >= 4 is 11.8 Å². The Kier molecular flexibility index (Phi) is 7.61. The molecule has 0 radical (unpaired) electrons. The molecule has 0 fully saturated rings. The van der Waals surface area contributed by atoms with E-state index in [-0.39, 0.29) is 23.1 Å². The van der Waals surface area contributed by atoms with Gasteiger partial charge in [0.1, 0.15) is 6.04 Å². The summed E-state index contributed by atoms with van der Waals surface area (Å²) in [6.07, 6.45) is 0. The number of carbonyl (C=O) groups is 2. The molecule has 0 spiro atoms. The number of hydrogen-bond acceptors (Lipinski definition) is 3. The molecule has 0 aliphatic rings. The van der Waals surface area contributed by atoms with Crippen molar-refractivity contribution in [2.75, 3.05) is 27.2 Å². The summed E-state index contributed by atoms with van der Waals surface area (Å²) < 4.78 is 0. The minimum absolute atomic E-state index is 0.0161. The van der Waals surface area contributed by atoms with Crippen LogP contribution in [0.15, 0.2) is 24.3 Å². The molecule has 1 rings (SSSR count). The monoisotopic (exact) mass is 347 g/mol. The van der Waals surface area contributed by atoms with Gasteiger partial charge in [0.15, 0.2) is 0 Å². The highest BCUT2D eigenvalue weighted by Crippen LogP contribution is 2.22. The molecule has 5 nitrogen and oxygen atoms in total. The van der Waals surface area contributed by atoms with Crippen molar-refractivity contribution in [2.45, 2.75) is 46.1 Å². The van der Waals surface area contributed by atoms with Gasteiger partial charge in [0.05, 0.1) is 0 Å². The van der Waals surface area contributed by atoms with E-state index in [9.17, 15) is 9.59 Å². The number of rotatable bonds is 7. The Morgan fingerprint density at radius 2 is 1.68 bits per heavy atom. The van der Waals surface area contributed by atoms with E-state index >= 15 is 0 Å². The third kappa shape index (κ3) is 6.16. The molecule has 5 heteroatoms. The fourth-order valence-electron chi connectivity index (χ4n) is 2.49. The van der Waals surface area contributed by atoms with Crippen LogP contribution >= 0.6 is 0 Å². The van der Waals surface area contributed by atoms with Crippen molar-refractivity contribution in [1.29, 1.82) is 0 Å². The zero-order valence-electron chi connectivity index (χ0n) is 16.6. The van der Waals surface area contributed by atoms with Crippen LogP contribution in [0.3, 0.4) is 0 Å². The summed E-state index contributed by atoms with van der Waals surface area (Å²) in [5.41, 5.74) is 1.79. The third-order valence-electron chi connectivity index (χ3n) is 4.31. The van der Waals surface area contributed by atoms with Gasteiger partial charge >= 0.3 is 0 Å². The highest BCUT2D eigenvalue weighted by atomic mass is 16.2. The molecule has 0 heterocycles. The maximum atomic E-state index is 12.6. The first-order valence-corrected chi connectivity index (χ1v) is 8.89. The van der Waals surface area contributed by atoms with Gasteiger partial charge in [0, 0.05) is 25.7 Å². The van der Waals surface area contributed by atoms with Crippen LogP contribution in [0.4, 0.5) is 0 Å². The second-order valence-corrected chi connectivity index (χ2v) is 7.89. The molecule has 0 bridgehead atoms. The van der Waals surface area contributed by atoms with Crippen molar-refractivity contribution < 1.29 is 9.59 Å². The molecule has 25 heavy (non-hydrogen) atoms. The molecule has 1 aromatic rings. The summed E-state index contributed by atoms with van der Waals surface area (Å²) >= 11 is 0. The SMILES string of the molecule is CNCCN(C)C(=O)C(NC(=O)c1ccc(C(C)(C)C)cc1)C(C)C. The standard InChI is InChI=1S/C20H33N3O2/c1-14(2)17(19(25)23(7)13-12-21-6)22-18(24)15-8-10-16(11-9-15)20(3,4)5/h8-11,14,17,21H,12-13H2,1-7H3,(H,22,24). The van der Waals surface area contributed by atoms with Crippen LogP contribution in [-0.4, -0.2) is 49.9 Å². The van der Waals surface area contributed by atoms with E-state index in [4.69, 9.17) is 0 Å². The van der Waals surface area contributed by atoms with E-state index in [0.29, 0.717) is 12.1 Å². The lowest BCUT2D eigenvalue weighted by Crippen LogP contribution is -2.51. The maximum absolute atomic E-state index is 12.6. The van der Waals surface area contributed by atoms with E-state index in [1.165, 1.54) is 5.56 Å². The minimum Gasteiger partial charge on any atom is -0.343 e. The molecule has 1 atom stereocenters. The number of amides is 2. The van der Waals surface area contributed by atoms with Crippen LogP contribution in [0.5, 0.6) is 0 Å². The van der Waals surface area contributed by atoms with Crippen molar-refractivity contribution in [3.8, 4) is 0 Å². The van der Waals surface area contributed by atoms with Crippen LogP contribution in [-0.2, 0) is 10.2 Å². The Hall–Kier alpha value is -1.88. The summed E-state index contributed by atoms with van der Waals surface area (Å²) in [5, 5.41) is 5.92. The summed E-state index contributed by atoms with van der Waals surface area (Å²) in [4.78, 5) is 26.9. The van der Waals surface area contributed by atoms with Gasteiger partial charge in [0.25, 0.3) is 5.91 Å². The summed E-state index contributed by atoms with van der Waals surface area (Å²) in [5.74, 6) is -0.262. The Morgan fingerprint density at radius 1 is 1.12 bits per heavy atom. The molecule has 0 aliphatic carbocycles. The molecule has 0 saturated carbocycles. The quantitative estimate of drug-likeness (QED) is 0.796. The number of benzene rings is 1. The zero-order chi connectivity index (χ0) is 19.2. The second kappa shape index (κ2) is 8.99. The molecule has 2 N–H and O–H groups in total. The lowest BCUT2D eigenvalue weighted by Gasteiger charge is -2.27. The van der Waals surface area contributed by atoms with Crippen LogP contribution in [0.2, 0.25) is 0 Å². The van der Waals surface area contributed by atoms with Gasteiger partial charge in [-0.1, -0.05) is 46.8 Å². The van der Waals surface area contributed by atoms with Crippen LogP contribution in [0.25, 0.3) is 0 Å². The average Bonchev–Trinajstić information content (AvgIpc) is 2.55. The first-order chi connectivity index (χ1) is 11.6. The topological polar surface area (TPSA) is 61.4 Å². The van der Waals surface area contributed by atoms with Crippen LogP contribution in [0.1, 0.15) is 50.5 Å². The summed E-state index contributed by atoms with van der Waals surface area (Å²) in [7, 11) is 3.61. The molecule has 1 unspecified atom stereocenters. The Bertz CT molecular complexity index is 574. The van der Waals surface area contributed by atoms with Gasteiger partial charge in [-0.25, -0.2) is 0 Å². The average molecular weight is 348 g/mol. The van der Waals surface area contributed by atoms with E-state index in [2.05, 4.69) is 31.4 Å². The van der Waals surface area contributed by atoms with Crippen molar-refractivity contribution in [3.05, 3.63) is 35.4 Å². The van der Waals surface area contributed by atoms with Crippen LogP contribution in [0, 0.1) is 5.92 Å². The lowest BCUT2D eigenvalue weighted by molar-refractivity contribution is -0.132. The number of carbonyl (C=O) groups excluding carboxylic acids is 2. The number of likely N-dealkylation sites (N-methyl/N-ethyl adjacent to an activating group) is 2. The van der Waals surface area contributed by atoms with Gasteiger partial charge in [-0.05, 0) is 36.1 Å². The molecule has 1 aromatic carbocycles. The predicted molar refractivity (Wildman–Crippen MR) is 103 cm³/mol. The fourth-order valence-corrected chi connectivity index (χ4v) is 2.49. The molecule has 2 amide bonds. The lowest BCUT2D eigenvalue weighted by atomic mass is 9.86. The van der Waals surface area contributed by atoms with E-state index in [1.54, 1.807) is 11.9 Å². The van der Waals surface area contributed by atoms with Gasteiger partial charge < -0.3 is 15.5 Å². The Labute approximate surface area is 152 Å². The van der Waals surface area contributed by atoms with E-state index in [1.807, 2.05) is 45.2 Å². The van der Waals surface area contributed by atoms with Gasteiger partial charge in [-0.2, -0.15) is 0 Å². The fraction of sp³-hybridized carbons (Fsp3) is 0.600. The largest absolute Gasteiger partial charge is 0.343 e. The van der Waals surface area contributed by atoms with E-state index in [0.717, 1.165) is 6.54 Å². The van der Waals surface area contributed by atoms with E-state index < -0.39 is 6.04 Å². The van der Waals surface area contributed by atoms with Gasteiger partial charge in [-0.15, -0.1) is 0 Å². The minimum atomic E-state index is -0.531. The molecular formula is C20H33N3O2. The van der Waals surface area contributed by atoms with Crippen molar-refractivity contribution in [2.24, 2.45) is 5.92 Å². The molecule has 0 aromatic heterocycles. The predicted octanol–water partition coefficient (Wildman–Crippen LogP) is 2.42. The third-order valence-corrected chi connectivity index (χ3v) is 4.31. The van der Waals surface area contributed by atoms with Gasteiger partial charge in [-0.3, -0.25) is 9.59 Å². The smallest absolute Gasteiger partial charge is 0.251 e. The van der Waals surface area contributed by atoms with Crippen LogP contribution < -0.4 is 10.6 Å². The highest BCUT2D eigenvalue weighted by molar-refractivity contribution is 5.97. The Balaban J connectivity index is 2.84. The summed E-state index contributed by atoms with van der Waals surface area (Å²) in [6.45, 7) is 11.6. The maximum Gasteiger partial charge on any atom is 0.251 e. The normalized spacial score (nSPS) is 12.8. The number of nitrogens with zero attached hydrogens (tertiary/aromatic N) is 1. The van der Waals surface area contributed by atoms with Crippen molar-refractivity contribution in [1.82, 2.24) is 15.5 Å². The first kappa shape index (κ1) is 21.2. The Morgan fingerprint density at radius 3 is 2.12 bits per heavy atom. The number of nitrogens with one attached hydrogen (secondary N) is 2.